The van der Waals surface area contributed by atoms with Crippen LogP contribution >= 0.6 is 27.5 Å². The van der Waals surface area contributed by atoms with Gasteiger partial charge in [0, 0.05) is 28.3 Å². The Bertz CT molecular complexity index is 1070. The molecule has 2 aromatic carbocycles. The molecule has 160 valence electrons. The number of morpholine rings is 1. The highest BCUT2D eigenvalue weighted by Crippen LogP contribution is 2.21. The van der Waals surface area contributed by atoms with Crippen LogP contribution in [0, 0.1) is 0 Å². The molecule has 3 aromatic rings. The van der Waals surface area contributed by atoms with Gasteiger partial charge < -0.3 is 15.0 Å². The van der Waals surface area contributed by atoms with Crippen LogP contribution in [0.25, 0.3) is 0 Å². The van der Waals surface area contributed by atoms with Crippen LogP contribution in [0.3, 0.4) is 0 Å². The predicted molar refractivity (Wildman–Crippen MR) is 128 cm³/mol. The Morgan fingerprint density at radius 3 is 2.55 bits per heavy atom. The van der Waals surface area contributed by atoms with Crippen molar-refractivity contribution in [2.45, 2.75) is 6.92 Å². The molecule has 1 saturated heterocycles. The lowest BCUT2D eigenvalue weighted by molar-refractivity contribution is 0.122. The summed E-state index contributed by atoms with van der Waals surface area (Å²) in [6, 6.07) is 15.3. The van der Waals surface area contributed by atoms with Crippen molar-refractivity contribution in [1.29, 1.82) is 0 Å². The maximum atomic E-state index is 5.97. The van der Waals surface area contributed by atoms with Gasteiger partial charge in [0.25, 0.3) is 0 Å². The van der Waals surface area contributed by atoms with Gasteiger partial charge in [0.2, 0.25) is 17.8 Å². The highest BCUT2D eigenvalue weighted by atomic mass is 79.9. The number of rotatable bonds is 6. The maximum Gasteiger partial charge on any atom is 0.250 e. The van der Waals surface area contributed by atoms with E-state index in [1.807, 2.05) is 55.5 Å². The van der Waals surface area contributed by atoms with Crippen LogP contribution < -0.4 is 15.6 Å². The van der Waals surface area contributed by atoms with Crippen molar-refractivity contribution in [2.75, 3.05) is 41.9 Å². The third-order valence-corrected chi connectivity index (χ3v) is 5.33. The second kappa shape index (κ2) is 10.0. The number of hydrogen-bond acceptors (Lipinski definition) is 8. The molecule has 4 rings (SSSR count). The minimum atomic E-state index is 0.349. The summed E-state index contributed by atoms with van der Waals surface area (Å²) in [4.78, 5) is 15.7. The number of halogens is 2. The van der Waals surface area contributed by atoms with E-state index in [1.54, 1.807) is 0 Å². The summed E-state index contributed by atoms with van der Waals surface area (Å²) in [6.07, 6.45) is 0. The first-order valence-electron chi connectivity index (χ1n) is 9.74. The first-order valence-corrected chi connectivity index (χ1v) is 10.9. The van der Waals surface area contributed by atoms with Crippen molar-refractivity contribution < 1.29 is 4.74 Å². The van der Waals surface area contributed by atoms with Gasteiger partial charge in [-0.2, -0.15) is 20.1 Å². The lowest BCUT2D eigenvalue weighted by Gasteiger charge is -2.27. The molecule has 0 amide bonds. The van der Waals surface area contributed by atoms with E-state index in [-0.39, 0.29) is 0 Å². The van der Waals surface area contributed by atoms with Gasteiger partial charge in [-0.25, -0.2) is 5.43 Å². The van der Waals surface area contributed by atoms with Crippen LogP contribution in [-0.2, 0) is 4.74 Å². The lowest BCUT2D eigenvalue weighted by Crippen LogP contribution is -2.37. The Morgan fingerprint density at radius 1 is 1.06 bits per heavy atom. The Morgan fingerprint density at radius 2 is 1.81 bits per heavy atom. The fourth-order valence-electron chi connectivity index (χ4n) is 2.96. The Kier molecular flexibility index (Phi) is 6.96. The van der Waals surface area contributed by atoms with Gasteiger partial charge in [0.15, 0.2) is 0 Å². The van der Waals surface area contributed by atoms with Crippen molar-refractivity contribution in [1.82, 2.24) is 15.0 Å². The molecule has 0 saturated carbocycles. The van der Waals surface area contributed by atoms with Crippen molar-refractivity contribution >= 4 is 56.8 Å². The molecule has 10 heteroatoms. The van der Waals surface area contributed by atoms with Crippen molar-refractivity contribution in [3.05, 3.63) is 63.6 Å². The zero-order chi connectivity index (χ0) is 21.6. The second-order valence-corrected chi connectivity index (χ2v) is 8.19. The van der Waals surface area contributed by atoms with E-state index in [4.69, 9.17) is 16.3 Å². The summed E-state index contributed by atoms with van der Waals surface area (Å²) in [6.45, 7) is 4.61. The molecule has 0 radical (unpaired) electrons. The van der Waals surface area contributed by atoms with Crippen LogP contribution in [0.2, 0.25) is 5.02 Å². The number of nitrogens with zero attached hydrogens (tertiary/aromatic N) is 5. The third-order valence-electron chi connectivity index (χ3n) is 4.58. The SMILES string of the molecule is C/C(=N\Nc1nc(Nc2cccc(Br)c2)nc(N2CCOCC2)n1)c1ccc(Cl)cc1. The van der Waals surface area contributed by atoms with E-state index < -0.39 is 0 Å². The van der Waals surface area contributed by atoms with Gasteiger partial charge in [-0.1, -0.05) is 45.7 Å². The average Bonchev–Trinajstić information content (AvgIpc) is 2.78. The summed E-state index contributed by atoms with van der Waals surface area (Å²) in [5.41, 5.74) is 5.56. The lowest BCUT2D eigenvalue weighted by atomic mass is 10.1. The number of hydrogen-bond donors (Lipinski definition) is 2. The summed E-state index contributed by atoms with van der Waals surface area (Å²) < 4.78 is 6.41. The number of anilines is 4. The molecule has 0 aliphatic carbocycles. The molecule has 1 aliphatic heterocycles. The molecule has 0 bridgehead atoms. The van der Waals surface area contributed by atoms with Crippen molar-refractivity contribution in [3.63, 3.8) is 0 Å². The molecule has 31 heavy (non-hydrogen) atoms. The first-order chi connectivity index (χ1) is 15.1. The van der Waals surface area contributed by atoms with E-state index in [1.165, 1.54) is 0 Å². The third kappa shape index (κ3) is 5.90. The van der Waals surface area contributed by atoms with Crippen LogP contribution in [-0.4, -0.2) is 47.0 Å². The van der Waals surface area contributed by atoms with Gasteiger partial charge in [0.05, 0.1) is 18.9 Å². The van der Waals surface area contributed by atoms with E-state index in [0.717, 1.165) is 21.4 Å². The summed E-state index contributed by atoms with van der Waals surface area (Å²) in [5, 5.41) is 8.35. The fourth-order valence-corrected chi connectivity index (χ4v) is 3.49. The number of hydrazone groups is 1. The largest absolute Gasteiger partial charge is 0.378 e. The van der Waals surface area contributed by atoms with Gasteiger partial charge >= 0.3 is 0 Å². The number of benzene rings is 2. The van der Waals surface area contributed by atoms with Crippen LogP contribution in [0.5, 0.6) is 0 Å². The topological polar surface area (TPSA) is 87.6 Å². The number of ether oxygens (including phenoxy) is 1. The molecule has 1 fully saturated rings. The molecule has 0 unspecified atom stereocenters. The van der Waals surface area contributed by atoms with E-state index in [0.29, 0.717) is 49.2 Å². The smallest absolute Gasteiger partial charge is 0.250 e. The Hall–Kier alpha value is -2.75. The van der Waals surface area contributed by atoms with E-state index in [9.17, 15) is 0 Å². The van der Waals surface area contributed by atoms with Gasteiger partial charge in [0.1, 0.15) is 0 Å². The van der Waals surface area contributed by atoms with E-state index >= 15 is 0 Å². The molecule has 2 N–H and O–H groups in total. The molecular formula is C21H21BrClN7O. The normalized spacial score (nSPS) is 14.4. The zero-order valence-corrected chi connectivity index (χ0v) is 19.2. The van der Waals surface area contributed by atoms with Gasteiger partial charge in [-0.15, -0.1) is 0 Å². The first kappa shape index (κ1) is 21.5. The average molecular weight is 503 g/mol. The quantitative estimate of drug-likeness (QED) is 0.373. The van der Waals surface area contributed by atoms with Crippen molar-refractivity contribution in [3.8, 4) is 0 Å². The Labute approximate surface area is 193 Å². The predicted octanol–water partition coefficient (Wildman–Crippen LogP) is 4.70. The standard InChI is InChI=1S/C21H21BrClN7O/c1-14(15-5-7-17(23)8-6-15)28-29-20-25-19(24-18-4-2-3-16(22)13-18)26-21(27-20)30-9-11-31-12-10-30/h2-8,13H,9-12H2,1H3,(H2,24,25,26,27,29)/b28-14+. The second-order valence-electron chi connectivity index (χ2n) is 6.83. The van der Waals surface area contributed by atoms with Crippen LogP contribution in [0.1, 0.15) is 12.5 Å². The molecule has 0 atom stereocenters. The van der Waals surface area contributed by atoms with E-state index in [2.05, 4.69) is 51.6 Å². The molecule has 8 nitrogen and oxygen atoms in total. The van der Waals surface area contributed by atoms with Crippen molar-refractivity contribution in [2.24, 2.45) is 5.10 Å². The zero-order valence-electron chi connectivity index (χ0n) is 16.8. The minimum Gasteiger partial charge on any atom is -0.378 e. The van der Waals surface area contributed by atoms with Gasteiger partial charge in [-0.3, -0.25) is 0 Å². The Balaban J connectivity index is 1.60. The summed E-state index contributed by atoms with van der Waals surface area (Å²) >= 11 is 9.45. The molecule has 2 heterocycles. The summed E-state index contributed by atoms with van der Waals surface area (Å²) in [5.74, 6) is 1.34. The van der Waals surface area contributed by atoms with Crippen LogP contribution in [0.4, 0.5) is 23.5 Å². The maximum absolute atomic E-state index is 5.97. The summed E-state index contributed by atoms with van der Waals surface area (Å²) in [7, 11) is 0. The molecular weight excluding hydrogens is 482 g/mol. The molecule has 1 aromatic heterocycles. The highest BCUT2D eigenvalue weighted by Gasteiger charge is 2.17. The highest BCUT2D eigenvalue weighted by molar-refractivity contribution is 9.10. The molecule has 0 spiro atoms. The molecule has 1 aliphatic rings. The van der Waals surface area contributed by atoms with Gasteiger partial charge in [-0.05, 0) is 42.8 Å². The fraction of sp³-hybridized carbons (Fsp3) is 0.238. The minimum absolute atomic E-state index is 0.349. The monoisotopic (exact) mass is 501 g/mol. The van der Waals surface area contributed by atoms with Crippen LogP contribution in [0.15, 0.2) is 58.1 Å². The number of aromatic nitrogens is 3. The number of nitrogens with one attached hydrogen (secondary N) is 2.